The maximum atomic E-state index is 11.9. The van der Waals surface area contributed by atoms with Crippen molar-refractivity contribution < 1.29 is 14.8 Å². The highest BCUT2D eigenvalue weighted by Crippen LogP contribution is 2.32. The molecule has 10 nitrogen and oxygen atoms in total. The van der Waals surface area contributed by atoms with Crippen LogP contribution in [-0.2, 0) is 13.1 Å². The summed E-state index contributed by atoms with van der Waals surface area (Å²) in [6.45, 7) is 2.55. The number of nitrogens with two attached hydrogens (primary N) is 2. The molecular formula is C21H22BN7O3. The van der Waals surface area contributed by atoms with Gasteiger partial charge in [-0.15, -0.1) is 0 Å². The van der Waals surface area contributed by atoms with E-state index in [1.165, 1.54) is 0 Å². The third-order valence-electron chi connectivity index (χ3n) is 5.11. The van der Waals surface area contributed by atoms with Crippen molar-refractivity contribution in [2.45, 2.75) is 20.0 Å². The Morgan fingerprint density at radius 1 is 1.16 bits per heavy atom. The number of carbonyl (C=O) groups excluding carboxylic acids is 1. The van der Waals surface area contributed by atoms with Gasteiger partial charge in [0.2, 0.25) is 11.8 Å². The number of H-pyrrole nitrogens is 1. The van der Waals surface area contributed by atoms with Crippen molar-refractivity contribution in [1.82, 2.24) is 19.9 Å². The Balaban J connectivity index is 1.74. The van der Waals surface area contributed by atoms with Gasteiger partial charge in [0, 0.05) is 29.7 Å². The molecule has 32 heavy (non-hydrogen) atoms. The zero-order valence-electron chi connectivity index (χ0n) is 17.3. The first kappa shape index (κ1) is 21.4. The van der Waals surface area contributed by atoms with Gasteiger partial charge in [-0.3, -0.25) is 4.79 Å². The van der Waals surface area contributed by atoms with Gasteiger partial charge in [0.25, 0.3) is 5.91 Å². The Labute approximate surface area is 183 Å². The summed E-state index contributed by atoms with van der Waals surface area (Å²) in [5.41, 5.74) is 15.8. The molecule has 2 heterocycles. The molecule has 2 aromatic carbocycles. The molecule has 4 rings (SSSR count). The summed E-state index contributed by atoms with van der Waals surface area (Å²) in [5, 5.41) is 22.7. The van der Waals surface area contributed by atoms with Crippen LogP contribution in [0.25, 0.3) is 22.3 Å². The van der Waals surface area contributed by atoms with Crippen molar-refractivity contribution in [3.8, 4) is 11.4 Å². The molecule has 0 bridgehead atoms. The van der Waals surface area contributed by atoms with Crippen LogP contribution in [0.1, 0.15) is 27.4 Å². The van der Waals surface area contributed by atoms with Gasteiger partial charge in [-0.05, 0) is 23.5 Å². The lowest BCUT2D eigenvalue weighted by molar-refractivity contribution is 0.0990. The van der Waals surface area contributed by atoms with Crippen LogP contribution in [-0.4, -0.2) is 43.0 Å². The Morgan fingerprint density at radius 3 is 2.66 bits per heavy atom. The first-order chi connectivity index (χ1) is 15.4. The first-order valence-electron chi connectivity index (χ1n) is 9.92. The summed E-state index contributed by atoms with van der Waals surface area (Å²) in [4.78, 5) is 28.1. The number of para-hydroxylation sites is 1. The molecule has 8 N–H and O–H groups in total. The number of benzene rings is 2. The van der Waals surface area contributed by atoms with Crippen LogP contribution < -0.4 is 22.2 Å². The van der Waals surface area contributed by atoms with Gasteiger partial charge in [-0.25, -0.2) is 4.98 Å². The second kappa shape index (κ2) is 8.75. The van der Waals surface area contributed by atoms with Crippen LogP contribution in [0.15, 0.2) is 42.5 Å². The van der Waals surface area contributed by atoms with Gasteiger partial charge in [-0.2, -0.15) is 9.97 Å². The standard InChI is InChI=1S/C21H22BN7O3/c1-11-16(15-7-3-5-13(9-23)17(15)26-11)19-27-20(18(24)30)29-21(28-19)25-10-12-4-2-6-14(8-12)22(31)32/h2-8,26,31-32H,9-10,23H2,1H3,(H2,24,30)(H,25,27,28,29). The minimum Gasteiger partial charge on any atom is -0.423 e. The number of aromatic amines is 1. The van der Waals surface area contributed by atoms with E-state index in [9.17, 15) is 14.8 Å². The van der Waals surface area contributed by atoms with E-state index >= 15 is 0 Å². The quantitative estimate of drug-likeness (QED) is 0.225. The van der Waals surface area contributed by atoms with Crippen LogP contribution in [0.4, 0.5) is 5.95 Å². The highest BCUT2D eigenvalue weighted by molar-refractivity contribution is 6.58. The second-order valence-electron chi connectivity index (χ2n) is 7.31. The van der Waals surface area contributed by atoms with E-state index in [0.29, 0.717) is 17.8 Å². The maximum Gasteiger partial charge on any atom is 0.488 e. The smallest absolute Gasteiger partial charge is 0.423 e. The average Bonchev–Trinajstić information content (AvgIpc) is 3.13. The summed E-state index contributed by atoms with van der Waals surface area (Å²) in [7, 11) is -1.57. The van der Waals surface area contributed by atoms with Crippen LogP contribution in [0.3, 0.4) is 0 Å². The molecule has 0 aliphatic heterocycles. The van der Waals surface area contributed by atoms with E-state index in [4.69, 9.17) is 11.5 Å². The molecule has 0 saturated heterocycles. The van der Waals surface area contributed by atoms with Crippen molar-refractivity contribution in [3.63, 3.8) is 0 Å². The van der Waals surface area contributed by atoms with Crippen LogP contribution >= 0.6 is 0 Å². The Morgan fingerprint density at radius 2 is 1.94 bits per heavy atom. The maximum absolute atomic E-state index is 11.9. The normalized spacial score (nSPS) is 11.0. The van der Waals surface area contributed by atoms with Crippen LogP contribution in [0.2, 0.25) is 0 Å². The molecule has 0 atom stereocenters. The van der Waals surface area contributed by atoms with E-state index < -0.39 is 13.0 Å². The predicted molar refractivity (Wildman–Crippen MR) is 122 cm³/mol. The summed E-state index contributed by atoms with van der Waals surface area (Å²) >= 11 is 0. The van der Waals surface area contributed by atoms with Gasteiger partial charge < -0.3 is 31.8 Å². The number of anilines is 1. The van der Waals surface area contributed by atoms with Gasteiger partial charge in [-0.1, -0.05) is 42.5 Å². The number of aromatic nitrogens is 4. The summed E-state index contributed by atoms with van der Waals surface area (Å²) in [6, 6.07) is 12.6. The number of hydrogen-bond acceptors (Lipinski definition) is 8. The van der Waals surface area contributed by atoms with Crippen molar-refractivity contribution in [2.24, 2.45) is 11.5 Å². The highest BCUT2D eigenvalue weighted by Gasteiger charge is 2.19. The molecule has 162 valence electrons. The summed E-state index contributed by atoms with van der Waals surface area (Å²) in [5.74, 6) is -0.473. The van der Waals surface area contributed by atoms with E-state index in [2.05, 4.69) is 25.3 Å². The molecule has 0 unspecified atom stereocenters. The molecule has 11 heteroatoms. The number of rotatable bonds is 7. The molecule has 0 saturated carbocycles. The lowest BCUT2D eigenvalue weighted by Gasteiger charge is -2.09. The number of nitrogens with zero attached hydrogens (tertiary/aromatic N) is 3. The molecular weight excluding hydrogens is 409 g/mol. The topological polar surface area (TPSA) is 176 Å². The van der Waals surface area contributed by atoms with E-state index in [-0.39, 0.29) is 18.3 Å². The summed E-state index contributed by atoms with van der Waals surface area (Å²) < 4.78 is 0. The lowest BCUT2D eigenvalue weighted by atomic mass is 9.80. The fourth-order valence-corrected chi connectivity index (χ4v) is 3.59. The van der Waals surface area contributed by atoms with Gasteiger partial charge in [0.1, 0.15) is 0 Å². The van der Waals surface area contributed by atoms with E-state index in [1.807, 2.05) is 31.2 Å². The predicted octanol–water partition coefficient (Wildman–Crippen LogP) is 0.178. The number of amides is 1. The molecule has 0 fully saturated rings. The molecule has 4 aromatic rings. The van der Waals surface area contributed by atoms with Gasteiger partial charge >= 0.3 is 7.12 Å². The van der Waals surface area contributed by atoms with E-state index in [0.717, 1.165) is 33.3 Å². The number of hydrogen-bond donors (Lipinski definition) is 6. The Kier molecular flexibility index (Phi) is 5.86. The molecule has 0 radical (unpaired) electrons. The van der Waals surface area contributed by atoms with Crippen LogP contribution in [0, 0.1) is 6.92 Å². The number of aryl methyl sites for hydroxylation is 1. The largest absolute Gasteiger partial charge is 0.488 e. The minimum atomic E-state index is -1.57. The van der Waals surface area contributed by atoms with Crippen LogP contribution in [0.5, 0.6) is 0 Å². The number of carbonyl (C=O) groups is 1. The monoisotopic (exact) mass is 431 g/mol. The molecule has 0 aliphatic carbocycles. The second-order valence-corrected chi connectivity index (χ2v) is 7.31. The van der Waals surface area contributed by atoms with Gasteiger partial charge in [0.05, 0.1) is 5.52 Å². The number of nitrogens with one attached hydrogen (secondary N) is 2. The van der Waals surface area contributed by atoms with Crippen molar-refractivity contribution in [1.29, 1.82) is 0 Å². The SMILES string of the molecule is Cc1[nH]c2c(CN)cccc2c1-c1nc(NCc2cccc(B(O)O)c2)nc(C(N)=O)n1. The molecule has 0 spiro atoms. The zero-order chi connectivity index (χ0) is 22.8. The van der Waals surface area contributed by atoms with Gasteiger partial charge in [0.15, 0.2) is 5.82 Å². The number of primary amides is 1. The minimum absolute atomic E-state index is 0.166. The third kappa shape index (κ3) is 4.17. The van der Waals surface area contributed by atoms with Crippen molar-refractivity contribution >= 4 is 35.3 Å². The third-order valence-corrected chi connectivity index (χ3v) is 5.11. The molecule has 1 amide bonds. The van der Waals surface area contributed by atoms with Crippen molar-refractivity contribution in [2.75, 3.05) is 5.32 Å². The van der Waals surface area contributed by atoms with Crippen molar-refractivity contribution in [3.05, 3.63) is 65.1 Å². The molecule has 2 aromatic heterocycles. The highest BCUT2D eigenvalue weighted by atomic mass is 16.4. The fourth-order valence-electron chi connectivity index (χ4n) is 3.59. The summed E-state index contributed by atoms with van der Waals surface area (Å²) in [6.07, 6.45) is 0. The average molecular weight is 431 g/mol. The Bertz CT molecular complexity index is 1310. The first-order valence-corrected chi connectivity index (χ1v) is 9.92. The van der Waals surface area contributed by atoms with E-state index in [1.54, 1.807) is 18.2 Å². The lowest BCUT2D eigenvalue weighted by Crippen LogP contribution is -2.30. The number of fused-ring (bicyclic) bond motifs is 1. The zero-order valence-corrected chi connectivity index (χ0v) is 17.3. The fraction of sp³-hybridized carbons (Fsp3) is 0.143. The molecule has 0 aliphatic rings. The Hall–Kier alpha value is -3.80.